The van der Waals surface area contributed by atoms with Crippen LogP contribution < -0.4 is 5.73 Å². The fourth-order valence-electron chi connectivity index (χ4n) is 3.56. The number of halogens is 1. The summed E-state index contributed by atoms with van der Waals surface area (Å²) in [5.74, 6) is 0. The molecule has 4 heteroatoms. The second-order valence-corrected chi connectivity index (χ2v) is 6.38. The van der Waals surface area contributed by atoms with Gasteiger partial charge >= 0.3 is 0 Å². The van der Waals surface area contributed by atoms with Crippen LogP contribution in [0.5, 0.6) is 0 Å². The minimum absolute atomic E-state index is 0.000954. The Morgan fingerprint density at radius 3 is 2.81 bits per heavy atom. The van der Waals surface area contributed by atoms with Crippen molar-refractivity contribution in [1.29, 1.82) is 0 Å². The summed E-state index contributed by atoms with van der Waals surface area (Å²) in [7, 11) is 1.98. The van der Waals surface area contributed by atoms with Crippen molar-refractivity contribution in [1.82, 2.24) is 9.78 Å². The number of nitrogens with two attached hydrogens (primary N) is 1. The van der Waals surface area contributed by atoms with Gasteiger partial charge < -0.3 is 5.73 Å². The van der Waals surface area contributed by atoms with Crippen molar-refractivity contribution >= 4 is 11.6 Å². The van der Waals surface area contributed by atoms with Crippen molar-refractivity contribution in [3.8, 4) is 0 Å². The molecule has 0 fully saturated rings. The highest BCUT2D eigenvalue weighted by atomic mass is 35.5. The van der Waals surface area contributed by atoms with Crippen LogP contribution in [0.25, 0.3) is 0 Å². The predicted octanol–water partition coefficient (Wildman–Crippen LogP) is 3.02. The summed E-state index contributed by atoms with van der Waals surface area (Å²) in [6.45, 7) is 2.73. The Labute approximate surface area is 131 Å². The van der Waals surface area contributed by atoms with Gasteiger partial charge in [0.15, 0.2) is 0 Å². The lowest BCUT2D eigenvalue weighted by molar-refractivity contribution is 0.419. The monoisotopic (exact) mass is 303 g/mol. The molecule has 0 spiro atoms. The highest BCUT2D eigenvalue weighted by molar-refractivity contribution is 6.31. The van der Waals surface area contributed by atoms with E-state index in [0.717, 1.165) is 42.1 Å². The molecule has 0 saturated carbocycles. The number of fused-ring (bicyclic) bond motifs is 1. The van der Waals surface area contributed by atoms with Crippen LogP contribution in [-0.4, -0.2) is 16.3 Å². The third-order valence-corrected chi connectivity index (χ3v) is 5.30. The van der Waals surface area contributed by atoms with Gasteiger partial charge in [0.1, 0.15) is 0 Å². The second kappa shape index (κ2) is 5.47. The Hall–Kier alpha value is -1.32. The van der Waals surface area contributed by atoms with E-state index in [0.29, 0.717) is 6.54 Å². The first-order chi connectivity index (χ1) is 10.1. The van der Waals surface area contributed by atoms with Crippen LogP contribution in [0.2, 0.25) is 5.02 Å². The van der Waals surface area contributed by atoms with Crippen LogP contribution in [0.3, 0.4) is 0 Å². The first kappa shape index (κ1) is 14.6. The summed E-state index contributed by atoms with van der Waals surface area (Å²) in [5.41, 5.74) is 11.1. The van der Waals surface area contributed by atoms with Gasteiger partial charge in [0.05, 0.1) is 16.4 Å². The third kappa shape index (κ3) is 2.29. The number of hydrogen-bond acceptors (Lipinski definition) is 2. The smallest absolute Gasteiger partial charge is 0.0850 e. The van der Waals surface area contributed by atoms with Crippen molar-refractivity contribution in [3.63, 3.8) is 0 Å². The zero-order valence-electron chi connectivity index (χ0n) is 12.7. The molecule has 0 saturated heterocycles. The molecular formula is C17H22ClN3. The van der Waals surface area contributed by atoms with E-state index in [1.54, 1.807) is 0 Å². The normalized spacial score (nSPS) is 20.8. The van der Waals surface area contributed by atoms with Gasteiger partial charge in [0, 0.05) is 25.4 Å². The number of benzene rings is 1. The molecule has 1 aliphatic carbocycles. The minimum Gasteiger partial charge on any atom is -0.330 e. The standard InChI is InChI=1S/C17H22ClN3/c1-3-14-16(18)15(21(2)20-14)10-17(11-19)9-8-12-6-4-5-7-13(12)17/h4-7H,3,8-11,19H2,1-2H3. The Kier molecular flexibility index (Phi) is 3.80. The number of rotatable bonds is 4. The maximum atomic E-state index is 6.53. The molecule has 1 heterocycles. The molecule has 0 aliphatic heterocycles. The lowest BCUT2D eigenvalue weighted by Gasteiger charge is -2.29. The fraction of sp³-hybridized carbons (Fsp3) is 0.471. The molecule has 3 rings (SSSR count). The van der Waals surface area contributed by atoms with E-state index in [-0.39, 0.29) is 5.41 Å². The molecule has 112 valence electrons. The van der Waals surface area contributed by atoms with E-state index in [9.17, 15) is 0 Å². The summed E-state index contributed by atoms with van der Waals surface area (Å²) in [5, 5.41) is 5.35. The van der Waals surface area contributed by atoms with Gasteiger partial charge in [-0.1, -0.05) is 42.8 Å². The summed E-state index contributed by atoms with van der Waals surface area (Å²) in [6, 6.07) is 8.66. The molecule has 1 unspecified atom stereocenters. The van der Waals surface area contributed by atoms with Crippen LogP contribution in [0.4, 0.5) is 0 Å². The van der Waals surface area contributed by atoms with Crippen LogP contribution in [-0.2, 0) is 31.7 Å². The number of nitrogens with zero attached hydrogens (tertiary/aromatic N) is 2. The summed E-state index contributed by atoms with van der Waals surface area (Å²) >= 11 is 6.53. The average molecular weight is 304 g/mol. The van der Waals surface area contributed by atoms with Crippen molar-refractivity contribution < 1.29 is 0 Å². The van der Waals surface area contributed by atoms with Gasteiger partial charge in [-0.05, 0) is 30.4 Å². The molecule has 0 amide bonds. The Morgan fingerprint density at radius 2 is 2.14 bits per heavy atom. The van der Waals surface area contributed by atoms with Gasteiger partial charge in [0.25, 0.3) is 0 Å². The van der Waals surface area contributed by atoms with Crippen LogP contribution >= 0.6 is 11.6 Å². The van der Waals surface area contributed by atoms with Crippen molar-refractivity contribution in [2.45, 2.75) is 38.0 Å². The lowest BCUT2D eigenvalue weighted by atomic mass is 9.78. The van der Waals surface area contributed by atoms with Crippen LogP contribution in [0.1, 0.15) is 35.9 Å². The molecule has 1 atom stereocenters. The van der Waals surface area contributed by atoms with Crippen molar-refractivity contribution in [2.75, 3.05) is 6.54 Å². The molecule has 2 aromatic rings. The van der Waals surface area contributed by atoms with E-state index in [1.807, 2.05) is 11.7 Å². The first-order valence-corrected chi connectivity index (χ1v) is 7.98. The van der Waals surface area contributed by atoms with Gasteiger partial charge in [-0.2, -0.15) is 5.10 Å². The highest BCUT2D eigenvalue weighted by Gasteiger charge is 2.38. The van der Waals surface area contributed by atoms with E-state index < -0.39 is 0 Å². The Bertz CT molecular complexity index is 662. The maximum Gasteiger partial charge on any atom is 0.0850 e. The molecule has 21 heavy (non-hydrogen) atoms. The fourth-order valence-corrected chi connectivity index (χ4v) is 3.93. The Morgan fingerprint density at radius 1 is 1.38 bits per heavy atom. The Balaban J connectivity index is 2.02. The predicted molar refractivity (Wildman–Crippen MR) is 86.8 cm³/mol. The lowest BCUT2D eigenvalue weighted by Crippen LogP contribution is -2.36. The van der Waals surface area contributed by atoms with E-state index in [2.05, 4.69) is 36.3 Å². The quantitative estimate of drug-likeness (QED) is 0.943. The van der Waals surface area contributed by atoms with Crippen molar-refractivity contribution in [3.05, 3.63) is 51.8 Å². The number of aromatic nitrogens is 2. The molecular weight excluding hydrogens is 282 g/mol. The van der Waals surface area contributed by atoms with E-state index in [1.165, 1.54) is 11.1 Å². The third-order valence-electron chi connectivity index (χ3n) is 4.86. The van der Waals surface area contributed by atoms with Crippen LogP contribution in [0, 0.1) is 0 Å². The first-order valence-electron chi connectivity index (χ1n) is 7.60. The SMILES string of the molecule is CCc1nn(C)c(CC2(CN)CCc3ccccc32)c1Cl. The van der Waals surface area contributed by atoms with E-state index >= 15 is 0 Å². The summed E-state index contributed by atoms with van der Waals surface area (Å²) < 4.78 is 1.93. The zero-order chi connectivity index (χ0) is 15.0. The highest BCUT2D eigenvalue weighted by Crippen LogP contribution is 2.42. The molecule has 3 nitrogen and oxygen atoms in total. The van der Waals surface area contributed by atoms with Crippen molar-refractivity contribution in [2.24, 2.45) is 12.8 Å². The zero-order valence-corrected chi connectivity index (χ0v) is 13.5. The topological polar surface area (TPSA) is 43.8 Å². The molecule has 1 aliphatic rings. The average Bonchev–Trinajstić information content (AvgIpc) is 3.01. The van der Waals surface area contributed by atoms with Gasteiger partial charge in [-0.3, -0.25) is 4.68 Å². The number of hydrogen-bond donors (Lipinski definition) is 1. The van der Waals surface area contributed by atoms with Gasteiger partial charge in [-0.25, -0.2) is 0 Å². The van der Waals surface area contributed by atoms with Gasteiger partial charge in [-0.15, -0.1) is 0 Å². The summed E-state index contributed by atoms with van der Waals surface area (Å²) in [4.78, 5) is 0. The van der Waals surface area contributed by atoms with E-state index in [4.69, 9.17) is 17.3 Å². The second-order valence-electron chi connectivity index (χ2n) is 6.00. The largest absolute Gasteiger partial charge is 0.330 e. The minimum atomic E-state index is -0.000954. The molecule has 1 aromatic carbocycles. The molecule has 0 radical (unpaired) electrons. The molecule has 1 aromatic heterocycles. The maximum absolute atomic E-state index is 6.53. The van der Waals surface area contributed by atoms with Gasteiger partial charge in [0.2, 0.25) is 0 Å². The summed E-state index contributed by atoms with van der Waals surface area (Å²) in [6.07, 6.45) is 3.91. The molecule has 0 bridgehead atoms. The molecule has 2 N–H and O–H groups in total. The van der Waals surface area contributed by atoms with Crippen LogP contribution in [0.15, 0.2) is 24.3 Å². The number of aryl methyl sites for hydroxylation is 3.